The lowest BCUT2D eigenvalue weighted by Gasteiger charge is -2.19. The van der Waals surface area contributed by atoms with E-state index in [-0.39, 0.29) is 5.75 Å². The Morgan fingerprint density at radius 3 is 2.42 bits per heavy atom. The van der Waals surface area contributed by atoms with Gasteiger partial charge >= 0.3 is 0 Å². The lowest BCUT2D eigenvalue weighted by atomic mass is 10.2. The molecule has 4 nitrogen and oxygen atoms in total. The van der Waals surface area contributed by atoms with E-state index in [1.807, 2.05) is 6.92 Å². The van der Waals surface area contributed by atoms with Gasteiger partial charge in [-0.05, 0) is 47.1 Å². The fraction of sp³-hybridized carbons (Fsp3) is 0.857. The minimum absolute atomic E-state index is 0.232. The van der Waals surface area contributed by atoms with Gasteiger partial charge in [-0.1, -0.05) is 11.6 Å². The number of hydrogen-bond donors (Lipinski definition) is 1. The predicted octanol–water partition coefficient (Wildman–Crippen LogP) is 2.16. The average Bonchev–Trinajstić information content (AvgIpc) is 2.29. The molecule has 0 amide bonds. The van der Waals surface area contributed by atoms with Crippen LogP contribution >= 0.6 is 0 Å². The van der Waals surface area contributed by atoms with Crippen LogP contribution in [0.3, 0.4) is 0 Å². The third-order valence-electron chi connectivity index (χ3n) is 3.00. The molecule has 0 aromatic heterocycles. The van der Waals surface area contributed by atoms with E-state index >= 15 is 0 Å². The first kappa shape index (κ1) is 18.6. The molecule has 0 saturated heterocycles. The van der Waals surface area contributed by atoms with Crippen LogP contribution in [-0.4, -0.2) is 45.7 Å². The molecule has 0 aromatic carbocycles. The maximum atomic E-state index is 12.0. The van der Waals surface area contributed by atoms with Crippen molar-refractivity contribution < 1.29 is 13.2 Å². The van der Waals surface area contributed by atoms with E-state index < -0.39 is 14.6 Å². The Labute approximate surface area is 118 Å². The summed E-state index contributed by atoms with van der Waals surface area (Å²) in [6.45, 7) is 9.71. The highest BCUT2D eigenvalue weighted by Gasteiger charge is 2.28. The molecule has 5 heteroatoms. The van der Waals surface area contributed by atoms with E-state index in [1.165, 1.54) is 0 Å². The zero-order chi connectivity index (χ0) is 14.9. The molecule has 19 heavy (non-hydrogen) atoms. The molecule has 0 rings (SSSR count). The van der Waals surface area contributed by atoms with Crippen LogP contribution < -0.4 is 5.32 Å². The van der Waals surface area contributed by atoms with E-state index in [1.54, 1.807) is 27.9 Å². The first-order valence-corrected chi connectivity index (χ1v) is 8.43. The first-order valence-electron chi connectivity index (χ1n) is 6.78. The molecule has 0 radical (unpaired) electrons. The van der Waals surface area contributed by atoms with Crippen LogP contribution in [0.2, 0.25) is 0 Å². The molecule has 0 aromatic rings. The van der Waals surface area contributed by atoms with Gasteiger partial charge in [0.1, 0.15) is 0 Å². The van der Waals surface area contributed by atoms with Crippen LogP contribution in [0.1, 0.15) is 40.5 Å². The largest absolute Gasteiger partial charge is 0.383 e. The number of nitrogens with one attached hydrogen (secondary N) is 1. The minimum atomic E-state index is -3.01. The SMILES string of the molecule is COCCNCC/C=C(/C)CCS(=O)(=O)C(C)(C)C. The van der Waals surface area contributed by atoms with Crippen molar-refractivity contribution in [2.24, 2.45) is 0 Å². The predicted molar refractivity (Wildman–Crippen MR) is 81.3 cm³/mol. The van der Waals surface area contributed by atoms with E-state index in [4.69, 9.17) is 4.74 Å². The van der Waals surface area contributed by atoms with Gasteiger partial charge in [-0.3, -0.25) is 0 Å². The number of rotatable bonds is 9. The van der Waals surface area contributed by atoms with Gasteiger partial charge in [-0.15, -0.1) is 0 Å². The number of ether oxygens (including phenoxy) is 1. The van der Waals surface area contributed by atoms with Gasteiger partial charge in [0.25, 0.3) is 0 Å². The Hall–Kier alpha value is -0.390. The summed E-state index contributed by atoms with van der Waals surface area (Å²) in [5.41, 5.74) is 1.14. The summed E-state index contributed by atoms with van der Waals surface area (Å²) in [5, 5.41) is 3.25. The molecular formula is C14H29NO3S. The molecule has 114 valence electrons. The average molecular weight is 291 g/mol. The molecule has 1 N–H and O–H groups in total. The Morgan fingerprint density at radius 2 is 1.89 bits per heavy atom. The molecule has 0 heterocycles. The minimum Gasteiger partial charge on any atom is -0.383 e. The summed E-state index contributed by atoms with van der Waals surface area (Å²) in [4.78, 5) is 0. The van der Waals surface area contributed by atoms with Crippen molar-refractivity contribution in [3.63, 3.8) is 0 Å². The third kappa shape index (κ3) is 8.39. The Bertz CT molecular complexity index is 367. The number of allylic oxidation sites excluding steroid dienone is 1. The van der Waals surface area contributed by atoms with Crippen molar-refractivity contribution in [2.45, 2.75) is 45.3 Å². The topological polar surface area (TPSA) is 55.4 Å². The van der Waals surface area contributed by atoms with Crippen LogP contribution in [-0.2, 0) is 14.6 Å². The molecule has 0 fully saturated rings. The first-order chi connectivity index (χ1) is 8.70. The summed E-state index contributed by atoms with van der Waals surface area (Å²) in [6.07, 6.45) is 3.65. The summed E-state index contributed by atoms with van der Waals surface area (Å²) in [5.74, 6) is 0.232. The van der Waals surface area contributed by atoms with Gasteiger partial charge in [-0.25, -0.2) is 8.42 Å². The maximum Gasteiger partial charge on any atom is 0.155 e. The fourth-order valence-electron chi connectivity index (χ4n) is 1.42. The van der Waals surface area contributed by atoms with Gasteiger partial charge in [0.2, 0.25) is 0 Å². The summed E-state index contributed by atoms with van der Waals surface area (Å²) in [7, 11) is -1.33. The van der Waals surface area contributed by atoms with Crippen LogP contribution in [0.4, 0.5) is 0 Å². The van der Waals surface area contributed by atoms with Crippen molar-refractivity contribution in [3.8, 4) is 0 Å². The molecule has 0 aliphatic heterocycles. The molecule has 0 bridgehead atoms. The second-order valence-electron chi connectivity index (χ2n) is 5.76. The highest BCUT2D eigenvalue weighted by atomic mass is 32.2. The van der Waals surface area contributed by atoms with Crippen molar-refractivity contribution in [1.82, 2.24) is 5.32 Å². The molecule has 0 aliphatic carbocycles. The van der Waals surface area contributed by atoms with Gasteiger partial charge in [0, 0.05) is 13.7 Å². The van der Waals surface area contributed by atoms with Crippen LogP contribution in [0.15, 0.2) is 11.6 Å². The zero-order valence-electron chi connectivity index (χ0n) is 13.0. The summed E-state index contributed by atoms with van der Waals surface area (Å²) in [6, 6.07) is 0. The lowest BCUT2D eigenvalue weighted by Crippen LogP contribution is -2.30. The number of hydrogen-bond acceptors (Lipinski definition) is 4. The van der Waals surface area contributed by atoms with E-state index in [0.29, 0.717) is 13.0 Å². The van der Waals surface area contributed by atoms with Crippen LogP contribution in [0, 0.1) is 0 Å². The molecule has 0 unspecified atom stereocenters. The molecule has 0 saturated carbocycles. The molecular weight excluding hydrogens is 262 g/mol. The van der Waals surface area contributed by atoms with Crippen molar-refractivity contribution in [2.75, 3.05) is 32.6 Å². The van der Waals surface area contributed by atoms with Gasteiger partial charge in [-0.2, -0.15) is 0 Å². The highest BCUT2D eigenvalue weighted by molar-refractivity contribution is 7.92. The number of methoxy groups -OCH3 is 1. The van der Waals surface area contributed by atoms with Gasteiger partial charge in [0.15, 0.2) is 9.84 Å². The summed E-state index contributed by atoms with van der Waals surface area (Å²) >= 11 is 0. The lowest BCUT2D eigenvalue weighted by molar-refractivity contribution is 0.199. The quantitative estimate of drug-likeness (QED) is 0.522. The van der Waals surface area contributed by atoms with Crippen molar-refractivity contribution in [3.05, 3.63) is 11.6 Å². The number of sulfone groups is 1. The standard InChI is InChI=1S/C14H29NO3S/c1-13(7-6-9-15-10-11-18-5)8-12-19(16,17)14(2,3)4/h7,15H,6,8-12H2,1-5H3/b13-7-. The Morgan fingerprint density at radius 1 is 1.26 bits per heavy atom. The van der Waals surface area contributed by atoms with Gasteiger partial charge in [0.05, 0.1) is 17.1 Å². The fourth-order valence-corrected chi connectivity index (χ4v) is 2.63. The Balaban J connectivity index is 3.95. The van der Waals surface area contributed by atoms with E-state index in [0.717, 1.165) is 25.1 Å². The monoisotopic (exact) mass is 291 g/mol. The second-order valence-corrected chi connectivity index (χ2v) is 8.63. The molecule has 0 atom stereocenters. The second kappa shape index (κ2) is 8.72. The van der Waals surface area contributed by atoms with Crippen LogP contribution in [0.25, 0.3) is 0 Å². The molecule has 0 spiro atoms. The maximum absolute atomic E-state index is 12.0. The van der Waals surface area contributed by atoms with Crippen LogP contribution in [0.5, 0.6) is 0 Å². The Kier molecular flexibility index (Phi) is 8.54. The van der Waals surface area contributed by atoms with Crippen molar-refractivity contribution in [1.29, 1.82) is 0 Å². The van der Waals surface area contributed by atoms with E-state index in [2.05, 4.69) is 11.4 Å². The van der Waals surface area contributed by atoms with E-state index in [9.17, 15) is 8.42 Å². The summed E-state index contributed by atoms with van der Waals surface area (Å²) < 4.78 is 28.2. The smallest absolute Gasteiger partial charge is 0.155 e. The normalized spacial score (nSPS) is 13.8. The zero-order valence-corrected chi connectivity index (χ0v) is 13.8. The molecule has 0 aliphatic rings. The van der Waals surface area contributed by atoms with Gasteiger partial charge < -0.3 is 10.1 Å². The van der Waals surface area contributed by atoms with Crippen molar-refractivity contribution >= 4 is 9.84 Å². The highest BCUT2D eigenvalue weighted by Crippen LogP contribution is 2.18. The third-order valence-corrected chi connectivity index (χ3v) is 5.60.